The Kier molecular flexibility index (Phi) is 7.08. The van der Waals surface area contributed by atoms with Crippen LogP contribution in [-0.2, 0) is 10.8 Å². The number of hydrogen-bond donors (Lipinski definition) is 0. The second kappa shape index (κ2) is 10.6. The Bertz CT molecular complexity index is 1780. The van der Waals surface area contributed by atoms with Crippen molar-refractivity contribution in [2.75, 3.05) is 23.5 Å². The van der Waals surface area contributed by atoms with Crippen molar-refractivity contribution in [3.8, 4) is 17.2 Å². The molecule has 0 radical (unpaired) electrons. The molecule has 0 bridgehead atoms. The Morgan fingerprint density at radius 2 is 1.35 bits per heavy atom. The van der Waals surface area contributed by atoms with Gasteiger partial charge in [0.1, 0.15) is 11.5 Å². The van der Waals surface area contributed by atoms with Crippen LogP contribution < -0.4 is 14.5 Å². The highest BCUT2D eigenvalue weighted by molar-refractivity contribution is 5.82. The van der Waals surface area contributed by atoms with Crippen molar-refractivity contribution in [2.24, 2.45) is 0 Å². The van der Waals surface area contributed by atoms with Crippen LogP contribution in [0.5, 0.6) is 11.5 Å². The van der Waals surface area contributed by atoms with Crippen molar-refractivity contribution in [1.29, 1.82) is 0 Å². The second-order valence-electron chi connectivity index (χ2n) is 13.3. The molecule has 0 atom stereocenters. The van der Waals surface area contributed by atoms with Gasteiger partial charge in [0.2, 0.25) is 0 Å². The number of aryl methyl sites for hydroxylation is 1. The lowest BCUT2D eigenvalue weighted by molar-refractivity contribution is 0.478. The SMILES string of the molecule is Cc1nn(-c2cc(Oc3cccc(N4CN(C)c5ccccc54)c3)cc(C(C)(C)C)c2)c(C)c1C(C)(C)c1ccccc1. The molecule has 1 aromatic heterocycles. The van der Waals surface area contributed by atoms with E-state index in [-0.39, 0.29) is 10.8 Å². The second-order valence-corrected chi connectivity index (χ2v) is 13.3. The van der Waals surface area contributed by atoms with Gasteiger partial charge in [-0.05, 0) is 66.8 Å². The highest BCUT2D eigenvalue weighted by Gasteiger charge is 2.31. The van der Waals surface area contributed by atoms with Crippen LogP contribution in [0.1, 0.15) is 62.7 Å². The van der Waals surface area contributed by atoms with Crippen LogP contribution in [0, 0.1) is 13.8 Å². The van der Waals surface area contributed by atoms with E-state index in [1.165, 1.54) is 28.1 Å². The molecular formula is C38H42N4O. The number of ether oxygens (including phenoxy) is 1. The molecule has 2 heterocycles. The van der Waals surface area contributed by atoms with E-state index in [0.29, 0.717) is 0 Å². The number of anilines is 3. The van der Waals surface area contributed by atoms with Gasteiger partial charge in [-0.25, -0.2) is 4.68 Å². The van der Waals surface area contributed by atoms with Crippen molar-refractivity contribution in [3.05, 3.63) is 125 Å². The first-order chi connectivity index (χ1) is 20.4. The number of nitrogens with zero attached hydrogens (tertiary/aromatic N) is 4. The van der Waals surface area contributed by atoms with Crippen molar-refractivity contribution in [3.63, 3.8) is 0 Å². The van der Waals surface area contributed by atoms with Crippen LogP contribution in [0.3, 0.4) is 0 Å². The highest BCUT2D eigenvalue weighted by atomic mass is 16.5. The summed E-state index contributed by atoms with van der Waals surface area (Å²) in [6.45, 7) is 16.4. The molecule has 4 aromatic carbocycles. The highest BCUT2D eigenvalue weighted by Crippen LogP contribution is 2.41. The zero-order chi connectivity index (χ0) is 30.5. The Morgan fingerprint density at radius 3 is 2.07 bits per heavy atom. The van der Waals surface area contributed by atoms with Crippen LogP contribution >= 0.6 is 0 Å². The predicted octanol–water partition coefficient (Wildman–Crippen LogP) is 9.45. The smallest absolute Gasteiger partial charge is 0.129 e. The van der Waals surface area contributed by atoms with Crippen molar-refractivity contribution < 1.29 is 4.74 Å². The van der Waals surface area contributed by atoms with Crippen LogP contribution in [0.25, 0.3) is 5.69 Å². The number of para-hydroxylation sites is 2. The molecule has 0 N–H and O–H groups in total. The molecule has 1 aliphatic rings. The molecule has 0 saturated heterocycles. The first kappa shape index (κ1) is 28.6. The fraction of sp³-hybridized carbons (Fsp3) is 0.289. The Morgan fingerprint density at radius 1 is 0.674 bits per heavy atom. The maximum absolute atomic E-state index is 6.62. The standard InChI is InChI=1S/C38H42N4O/c1-26-36(38(6,7)28-15-10-9-11-16-28)27(2)42(39-26)31-21-29(37(3,4)5)22-33(24-31)43-32-18-14-17-30(23-32)41-25-40(8)34-19-12-13-20-35(34)41/h9-24H,25H2,1-8H3. The molecule has 5 aromatic rings. The average molecular weight is 571 g/mol. The monoisotopic (exact) mass is 570 g/mol. The summed E-state index contributed by atoms with van der Waals surface area (Å²) >= 11 is 0. The molecule has 0 amide bonds. The molecule has 0 unspecified atom stereocenters. The number of rotatable bonds is 6. The summed E-state index contributed by atoms with van der Waals surface area (Å²) in [5.74, 6) is 1.61. The molecule has 6 rings (SSSR count). The molecule has 0 spiro atoms. The Balaban J connectivity index is 1.38. The van der Waals surface area contributed by atoms with E-state index in [0.717, 1.165) is 40.9 Å². The summed E-state index contributed by atoms with van der Waals surface area (Å²) in [5, 5.41) is 5.09. The van der Waals surface area contributed by atoms with E-state index >= 15 is 0 Å². The molecule has 0 fully saturated rings. The van der Waals surface area contributed by atoms with Gasteiger partial charge in [0.15, 0.2) is 0 Å². The zero-order valence-corrected chi connectivity index (χ0v) is 26.6. The fourth-order valence-electron chi connectivity index (χ4n) is 6.45. The van der Waals surface area contributed by atoms with Gasteiger partial charge in [-0.1, -0.05) is 83.1 Å². The summed E-state index contributed by atoms with van der Waals surface area (Å²) in [7, 11) is 2.13. The minimum absolute atomic E-state index is 0.0674. The summed E-state index contributed by atoms with van der Waals surface area (Å²) in [6.07, 6.45) is 0. The quantitative estimate of drug-likeness (QED) is 0.204. The van der Waals surface area contributed by atoms with E-state index in [4.69, 9.17) is 9.84 Å². The van der Waals surface area contributed by atoms with Crippen molar-refractivity contribution >= 4 is 17.1 Å². The maximum atomic E-state index is 6.62. The van der Waals surface area contributed by atoms with E-state index in [9.17, 15) is 0 Å². The lowest BCUT2D eigenvalue weighted by Gasteiger charge is -2.26. The topological polar surface area (TPSA) is 33.5 Å². The Hall–Kier alpha value is -4.51. The van der Waals surface area contributed by atoms with Gasteiger partial charge in [-0.15, -0.1) is 0 Å². The number of fused-ring (bicyclic) bond motifs is 1. The fourth-order valence-corrected chi connectivity index (χ4v) is 6.45. The molecule has 0 saturated carbocycles. The first-order valence-corrected chi connectivity index (χ1v) is 15.1. The van der Waals surface area contributed by atoms with Crippen molar-refractivity contribution in [1.82, 2.24) is 9.78 Å². The Labute approximate surface area is 256 Å². The van der Waals surface area contributed by atoms with E-state index in [2.05, 4.69) is 161 Å². The van der Waals surface area contributed by atoms with Gasteiger partial charge in [0, 0.05) is 41.5 Å². The predicted molar refractivity (Wildman–Crippen MR) is 179 cm³/mol. The van der Waals surface area contributed by atoms with Gasteiger partial charge in [-0.3, -0.25) is 0 Å². The molecule has 5 heteroatoms. The third kappa shape index (κ3) is 5.29. The number of hydrogen-bond acceptors (Lipinski definition) is 4. The summed E-state index contributed by atoms with van der Waals surface area (Å²) in [5.41, 5.74) is 10.2. The van der Waals surface area contributed by atoms with E-state index in [1.54, 1.807) is 0 Å². The number of benzene rings is 4. The lowest BCUT2D eigenvalue weighted by atomic mass is 9.77. The van der Waals surface area contributed by atoms with Gasteiger partial charge >= 0.3 is 0 Å². The molecule has 1 aliphatic heterocycles. The third-order valence-corrected chi connectivity index (χ3v) is 8.72. The zero-order valence-electron chi connectivity index (χ0n) is 26.6. The largest absolute Gasteiger partial charge is 0.457 e. The van der Waals surface area contributed by atoms with Crippen molar-refractivity contribution in [2.45, 2.75) is 59.3 Å². The minimum Gasteiger partial charge on any atom is -0.457 e. The molecule has 0 aliphatic carbocycles. The molecule has 5 nitrogen and oxygen atoms in total. The molecule has 220 valence electrons. The molecule has 43 heavy (non-hydrogen) atoms. The van der Waals surface area contributed by atoms with Crippen LogP contribution in [0.4, 0.5) is 17.1 Å². The van der Waals surface area contributed by atoms with Gasteiger partial charge < -0.3 is 14.5 Å². The van der Waals surface area contributed by atoms with Crippen LogP contribution in [0.2, 0.25) is 0 Å². The van der Waals surface area contributed by atoms with Crippen LogP contribution in [0.15, 0.2) is 97.1 Å². The summed E-state index contributed by atoms with van der Waals surface area (Å²) < 4.78 is 8.71. The van der Waals surface area contributed by atoms with Gasteiger partial charge in [0.25, 0.3) is 0 Å². The maximum Gasteiger partial charge on any atom is 0.129 e. The van der Waals surface area contributed by atoms with E-state index in [1.807, 2.05) is 6.07 Å². The van der Waals surface area contributed by atoms with Gasteiger partial charge in [0.05, 0.1) is 29.4 Å². The summed E-state index contributed by atoms with van der Waals surface area (Å²) in [6, 6.07) is 34.1. The third-order valence-electron chi connectivity index (χ3n) is 8.72. The number of aromatic nitrogens is 2. The lowest BCUT2D eigenvalue weighted by Crippen LogP contribution is -2.23. The van der Waals surface area contributed by atoms with E-state index < -0.39 is 0 Å². The molecular weight excluding hydrogens is 528 g/mol. The van der Waals surface area contributed by atoms with Crippen LogP contribution in [-0.4, -0.2) is 23.5 Å². The normalized spacial score (nSPS) is 13.4. The average Bonchev–Trinajstić information content (AvgIpc) is 3.48. The summed E-state index contributed by atoms with van der Waals surface area (Å²) in [4.78, 5) is 4.59. The first-order valence-electron chi connectivity index (χ1n) is 15.1. The van der Waals surface area contributed by atoms with Gasteiger partial charge in [-0.2, -0.15) is 5.10 Å². The minimum atomic E-state index is -0.183.